The Bertz CT molecular complexity index is 582. The summed E-state index contributed by atoms with van der Waals surface area (Å²) in [6.07, 6.45) is 0. The minimum absolute atomic E-state index is 0.359. The van der Waals surface area contributed by atoms with E-state index in [0.717, 1.165) is 0 Å². The minimum atomic E-state index is -2.82. The van der Waals surface area contributed by atoms with Crippen LogP contribution < -0.4 is 4.52 Å². The lowest BCUT2D eigenvalue weighted by atomic mass is 10.3. The van der Waals surface area contributed by atoms with Crippen LogP contribution in [-0.4, -0.2) is 24.5 Å². The number of hydrogen-bond acceptors (Lipinski definition) is 7. The molecule has 6 nitrogen and oxygen atoms in total. The van der Waals surface area contributed by atoms with Gasteiger partial charge in [-0.05, 0) is 22.4 Å². The van der Waals surface area contributed by atoms with Gasteiger partial charge < -0.3 is 13.6 Å². The summed E-state index contributed by atoms with van der Waals surface area (Å²) < 4.78 is 20.1. The summed E-state index contributed by atoms with van der Waals surface area (Å²) in [7, 11) is 2.83. The molecule has 0 aliphatic carbocycles. The highest BCUT2D eigenvalue weighted by molar-refractivity contribution is 8.07. The van der Waals surface area contributed by atoms with E-state index in [2.05, 4.69) is 14.9 Å². The molecular weight excluding hydrogens is 287 g/mol. The Kier molecular flexibility index (Phi) is 3.65. The van der Waals surface area contributed by atoms with Crippen molar-refractivity contribution in [3.63, 3.8) is 0 Å². The van der Waals surface area contributed by atoms with Crippen molar-refractivity contribution in [1.82, 2.24) is 10.3 Å². The zero-order chi connectivity index (χ0) is 12.5. The fraction of sp³-hybridized carbons (Fsp3) is 0.250. The van der Waals surface area contributed by atoms with E-state index in [1.807, 2.05) is 0 Å². The number of nitrogens with zero attached hydrogens (tertiary/aromatic N) is 2. The van der Waals surface area contributed by atoms with Crippen LogP contribution in [0.15, 0.2) is 16.8 Å². The average molecular weight is 295 g/mol. The lowest BCUT2D eigenvalue weighted by Crippen LogP contribution is -1.97. The van der Waals surface area contributed by atoms with Crippen molar-refractivity contribution in [2.75, 3.05) is 14.2 Å². The molecule has 0 fully saturated rings. The van der Waals surface area contributed by atoms with Crippen LogP contribution in [0.2, 0.25) is 5.02 Å². The summed E-state index contributed by atoms with van der Waals surface area (Å²) in [4.78, 5) is 0. The molecule has 0 atom stereocenters. The summed E-state index contributed by atoms with van der Waals surface area (Å²) in [5.74, 6) is 0.359. The van der Waals surface area contributed by atoms with Gasteiger partial charge in [0.05, 0.1) is 5.02 Å². The predicted octanol–water partition coefficient (Wildman–Crippen LogP) is 2.77. The number of aromatic nitrogens is 2. The second-order valence-electron chi connectivity index (χ2n) is 2.91. The highest BCUT2D eigenvalue weighted by Crippen LogP contribution is 2.49. The van der Waals surface area contributed by atoms with E-state index in [1.54, 1.807) is 12.1 Å². The molecule has 1 aromatic heterocycles. The summed E-state index contributed by atoms with van der Waals surface area (Å²) in [6.45, 7) is -2.82. The van der Waals surface area contributed by atoms with Crippen molar-refractivity contribution < 1.29 is 18.2 Å². The fourth-order valence-corrected chi connectivity index (χ4v) is 2.27. The molecule has 0 bridgehead atoms. The van der Waals surface area contributed by atoms with Gasteiger partial charge >= 0.3 is 6.72 Å². The molecule has 9 heteroatoms. The number of hydrogen-bond donors (Lipinski definition) is 0. The van der Waals surface area contributed by atoms with Crippen molar-refractivity contribution in [1.29, 1.82) is 0 Å². The van der Waals surface area contributed by atoms with Gasteiger partial charge in [-0.3, -0.25) is 0 Å². The molecule has 0 amide bonds. The van der Waals surface area contributed by atoms with Crippen LogP contribution in [0.5, 0.6) is 5.75 Å². The molecule has 0 N–H and O–H groups in total. The van der Waals surface area contributed by atoms with Crippen molar-refractivity contribution in [3.8, 4) is 5.75 Å². The van der Waals surface area contributed by atoms with Gasteiger partial charge in [0.2, 0.25) is 0 Å². The van der Waals surface area contributed by atoms with Gasteiger partial charge in [-0.1, -0.05) is 11.6 Å². The molecule has 0 aliphatic rings. The molecule has 1 heterocycles. The second kappa shape index (κ2) is 4.88. The molecule has 0 aliphatic heterocycles. The average Bonchev–Trinajstić information content (AvgIpc) is 2.83. The number of halogens is 1. The molecule has 2 rings (SSSR count). The molecule has 0 saturated heterocycles. The van der Waals surface area contributed by atoms with Gasteiger partial charge in [-0.15, -0.1) is 0 Å². The first-order valence-corrected chi connectivity index (χ1v) is 7.35. The maximum atomic E-state index is 5.91. The molecule has 1 aromatic carbocycles. The van der Waals surface area contributed by atoms with Gasteiger partial charge in [0.1, 0.15) is 0 Å². The maximum absolute atomic E-state index is 5.91. The van der Waals surface area contributed by atoms with Crippen molar-refractivity contribution >= 4 is 41.2 Å². The largest absolute Gasteiger partial charge is 0.422 e. The monoisotopic (exact) mass is 294 g/mol. The van der Waals surface area contributed by atoms with Gasteiger partial charge in [0.25, 0.3) is 0 Å². The Morgan fingerprint density at radius 3 is 2.53 bits per heavy atom. The first kappa shape index (κ1) is 12.7. The summed E-state index contributed by atoms with van der Waals surface area (Å²) >= 11 is 11.0. The first-order chi connectivity index (χ1) is 8.09. The Morgan fingerprint density at radius 2 is 1.88 bits per heavy atom. The normalized spacial score (nSPS) is 11.9. The lowest BCUT2D eigenvalue weighted by molar-refractivity contribution is 0.273. The van der Waals surface area contributed by atoms with Crippen LogP contribution in [0.1, 0.15) is 0 Å². The van der Waals surface area contributed by atoms with Crippen molar-refractivity contribution in [3.05, 3.63) is 17.2 Å². The SMILES string of the molecule is COP(=S)(OC)Oc1ccc(Cl)c2nonc12. The van der Waals surface area contributed by atoms with E-state index >= 15 is 0 Å². The molecule has 92 valence electrons. The van der Waals surface area contributed by atoms with Crippen LogP contribution >= 0.6 is 18.3 Å². The van der Waals surface area contributed by atoms with E-state index in [4.69, 9.17) is 37.0 Å². The topological polar surface area (TPSA) is 66.6 Å². The Labute approximate surface area is 107 Å². The van der Waals surface area contributed by atoms with Crippen LogP contribution in [0, 0.1) is 0 Å². The molecular formula is C8H8ClN2O4PS. The van der Waals surface area contributed by atoms with Crippen molar-refractivity contribution in [2.45, 2.75) is 0 Å². The minimum Gasteiger partial charge on any atom is -0.422 e. The Hall–Kier alpha value is -0.720. The van der Waals surface area contributed by atoms with Gasteiger partial charge in [-0.25, -0.2) is 4.63 Å². The molecule has 2 aromatic rings. The highest BCUT2D eigenvalue weighted by Gasteiger charge is 2.22. The van der Waals surface area contributed by atoms with Crippen LogP contribution in [0.4, 0.5) is 0 Å². The van der Waals surface area contributed by atoms with E-state index in [0.29, 0.717) is 21.8 Å². The fourth-order valence-electron chi connectivity index (χ4n) is 1.16. The predicted molar refractivity (Wildman–Crippen MR) is 65.7 cm³/mol. The lowest BCUT2D eigenvalue weighted by Gasteiger charge is -2.17. The van der Waals surface area contributed by atoms with E-state index in [9.17, 15) is 0 Å². The van der Waals surface area contributed by atoms with Gasteiger partial charge in [-0.2, -0.15) is 0 Å². The van der Waals surface area contributed by atoms with E-state index < -0.39 is 6.72 Å². The number of fused-ring (bicyclic) bond motifs is 1. The van der Waals surface area contributed by atoms with Crippen LogP contribution in [0.25, 0.3) is 11.0 Å². The highest BCUT2D eigenvalue weighted by atomic mass is 35.5. The molecule has 0 radical (unpaired) electrons. The third-order valence-electron chi connectivity index (χ3n) is 1.99. The summed E-state index contributed by atoms with van der Waals surface area (Å²) in [5, 5.41) is 7.77. The van der Waals surface area contributed by atoms with E-state index in [-0.39, 0.29) is 0 Å². The number of benzene rings is 1. The molecule has 0 unspecified atom stereocenters. The van der Waals surface area contributed by atoms with Crippen LogP contribution in [-0.2, 0) is 20.9 Å². The smallest absolute Gasteiger partial charge is 0.380 e. The Balaban J connectivity index is 2.47. The molecule has 0 spiro atoms. The van der Waals surface area contributed by atoms with E-state index in [1.165, 1.54) is 14.2 Å². The van der Waals surface area contributed by atoms with Gasteiger partial charge in [0, 0.05) is 26.0 Å². The quantitative estimate of drug-likeness (QED) is 0.803. The molecule has 0 saturated carbocycles. The van der Waals surface area contributed by atoms with Crippen LogP contribution in [0.3, 0.4) is 0 Å². The summed E-state index contributed by atoms with van der Waals surface area (Å²) in [6, 6.07) is 3.21. The number of rotatable bonds is 4. The zero-order valence-corrected chi connectivity index (χ0v) is 11.4. The van der Waals surface area contributed by atoms with Crippen molar-refractivity contribution in [2.24, 2.45) is 0 Å². The summed E-state index contributed by atoms with van der Waals surface area (Å²) in [5.41, 5.74) is 0.777. The zero-order valence-electron chi connectivity index (χ0n) is 8.92. The van der Waals surface area contributed by atoms with Gasteiger partial charge in [0.15, 0.2) is 16.8 Å². The third kappa shape index (κ3) is 2.43. The Morgan fingerprint density at radius 1 is 1.24 bits per heavy atom. The third-order valence-corrected chi connectivity index (χ3v) is 4.72. The first-order valence-electron chi connectivity index (χ1n) is 4.41. The maximum Gasteiger partial charge on any atom is 0.380 e. The second-order valence-corrected chi connectivity index (χ2v) is 6.47. The standard InChI is InChI=1S/C8H8ClN2O4PS/c1-12-16(17,13-2)14-6-4-3-5(9)7-8(6)11-15-10-7/h3-4H,1-2H3. The molecule has 17 heavy (non-hydrogen) atoms.